The van der Waals surface area contributed by atoms with Crippen LogP contribution in [0.15, 0.2) is 22.7 Å². The maximum Gasteiger partial charge on any atom is 0.254 e. The van der Waals surface area contributed by atoms with Crippen molar-refractivity contribution in [1.82, 2.24) is 4.90 Å². The molecular formula is C14H20BrFN2O. The molecule has 0 aromatic heterocycles. The number of carbonyl (C=O) groups excluding carboxylic acids is 1. The third-order valence-electron chi connectivity index (χ3n) is 3.16. The average molecular weight is 331 g/mol. The largest absolute Gasteiger partial charge is 0.342 e. The van der Waals surface area contributed by atoms with Gasteiger partial charge in [-0.25, -0.2) is 4.39 Å². The average Bonchev–Trinajstić information content (AvgIpc) is 2.37. The van der Waals surface area contributed by atoms with Gasteiger partial charge in [-0.3, -0.25) is 4.79 Å². The van der Waals surface area contributed by atoms with Crippen molar-refractivity contribution in [3.63, 3.8) is 0 Å². The highest BCUT2D eigenvalue weighted by Gasteiger charge is 2.17. The van der Waals surface area contributed by atoms with Crippen LogP contribution in [-0.2, 0) is 0 Å². The van der Waals surface area contributed by atoms with Crippen molar-refractivity contribution in [2.45, 2.75) is 26.3 Å². The molecule has 0 saturated carbocycles. The predicted octanol–water partition coefficient (Wildman–Crippen LogP) is 3.03. The molecule has 3 nitrogen and oxygen atoms in total. The summed E-state index contributed by atoms with van der Waals surface area (Å²) in [5, 5.41) is 0. The Morgan fingerprint density at radius 2 is 2.11 bits per heavy atom. The Morgan fingerprint density at radius 1 is 1.47 bits per heavy atom. The Morgan fingerprint density at radius 3 is 2.68 bits per heavy atom. The Labute approximate surface area is 122 Å². The van der Waals surface area contributed by atoms with Gasteiger partial charge in [0, 0.05) is 24.1 Å². The molecule has 0 aliphatic rings. The molecule has 0 aliphatic carbocycles. The molecule has 1 unspecified atom stereocenters. The van der Waals surface area contributed by atoms with E-state index in [1.54, 1.807) is 11.9 Å². The lowest BCUT2D eigenvalue weighted by Gasteiger charge is -2.22. The van der Waals surface area contributed by atoms with E-state index in [4.69, 9.17) is 5.73 Å². The summed E-state index contributed by atoms with van der Waals surface area (Å²) in [7, 11) is 1.70. The molecule has 1 aromatic carbocycles. The summed E-state index contributed by atoms with van der Waals surface area (Å²) in [6, 6.07) is 4.16. The van der Waals surface area contributed by atoms with Crippen LogP contribution in [0.4, 0.5) is 4.39 Å². The molecule has 5 heteroatoms. The summed E-state index contributed by atoms with van der Waals surface area (Å²) in [6.45, 7) is 4.66. The van der Waals surface area contributed by atoms with Gasteiger partial charge < -0.3 is 10.6 Å². The molecule has 106 valence electrons. The summed E-state index contributed by atoms with van der Waals surface area (Å²) >= 11 is 3.26. The fraction of sp³-hybridized carbons (Fsp3) is 0.500. The number of halogens is 2. The van der Waals surface area contributed by atoms with Crippen molar-refractivity contribution in [3.8, 4) is 0 Å². The lowest BCUT2D eigenvalue weighted by atomic mass is 10.0. The first-order chi connectivity index (χ1) is 8.82. The van der Waals surface area contributed by atoms with E-state index in [0.29, 0.717) is 22.5 Å². The second-order valence-electron chi connectivity index (χ2n) is 5.05. The zero-order valence-corrected chi connectivity index (χ0v) is 13.1. The van der Waals surface area contributed by atoms with Crippen LogP contribution in [0.1, 0.15) is 30.6 Å². The van der Waals surface area contributed by atoms with Crippen molar-refractivity contribution in [1.29, 1.82) is 0 Å². The number of hydrogen-bond acceptors (Lipinski definition) is 2. The standard InChI is InChI=1S/C14H20BrFN2O/c1-9(2)13(17)6-7-18(3)14(19)11-8-10(16)4-5-12(11)15/h4-5,8-9,13H,6-7,17H2,1-3H3. The Balaban J connectivity index is 2.69. The van der Waals surface area contributed by atoms with E-state index in [-0.39, 0.29) is 11.9 Å². The molecule has 1 atom stereocenters. The molecule has 1 aromatic rings. The van der Waals surface area contributed by atoms with Gasteiger partial charge in [0.1, 0.15) is 5.82 Å². The number of rotatable bonds is 5. The number of hydrogen-bond donors (Lipinski definition) is 1. The third kappa shape index (κ3) is 4.58. The van der Waals surface area contributed by atoms with E-state index in [9.17, 15) is 9.18 Å². The molecule has 0 aliphatic heterocycles. The van der Waals surface area contributed by atoms with Gasteiger partial charge in [0.05, 0.1) is 5.56 Å². The fourth-order valence-corrected chi connectivity index (χ4v) is 2.06. The van der Waals surface area contributed by atoms with Crippen LogP contribution < -0.4 is 5.73 Å². The van der Waals surface area contributed by atoms with Crippen LogP contribution >= 0.6 is 15.9 Å². The predicted molar refractivity (Wildman–Crippen MR) is 78.5 cm³/mol. The summed E-state index contributed by atoms with van der Waals surface area (Å²) in [5.74, 6) is -0.245. The third-order valence-corrected chi connectivity index (χ3v) is 3.85. The highest BCUT2D eigenvalue weighted by Crippen LogP contribution is 2.19. The smallest absolute Gasteiger partial charge is 0.254 e. The Bertz CT molecular complexity index is 451. The summed E-state index contributed by atoms with van der Waals surface area (Å²) in [6.07, 6.45) is 0.729. The van der Waals surface area contributed by atoms with Crippen molar-refractivity contribution in [3.05, 3.63) is 34.1 Å². The van der Waals surface area contributed by atoms with E-state index in [1.807, 2.05) is 0 Å². The van der Waals surface area contributed by atoms with Gasteiger partial charge in [0.15, 0.2) is 0 Å². The van der Waals surface area contributed by atoms with Gasteiger partial charge in [-0.15, -0.1) is 0 Å². The zero-order chi connectivity index (χ0) is 14.6. The van der Waals surface area contributed by atoms with Crippen LogP contribution in [0.3, 0.4) is 0 Å². The van der Waals surface area contributed by atoms with Crippen molar-refractivity contribution >= 4 is 21.8 Å². The van der Waals surface area contributed by atoms with E-state index in [2.05, 4.69) is 29.8 Å². The lowest BCUT2D eigenvalue weighted by Crippen LogP contribution is -2.34. The molecule has 1 rings (SSSR count). The quantitative estimate of drug-likeness (QED) is 0.901. The van der Waals surface area contributed by atoms with Gasteiger partial charge in [0.25, 0.3) is 5.91 Å². The fourth-order valence-electron chi connectivity index (χ4n) is 1.64. The van der Waals surface area contributed by atoms with Gasteiger partial charge in [-0.1, -0.05) is 13.8 Å². The second kappa shape index (κ2) is 7.01. The van der Waals surface area contributed by atoms with Crippen LogP contribution in [-0.4, -0.2) is 30.4 Å². The molecule has 0 saturated heterocycles. The molecule has 0 radical (unpaired) electrons. The molecule has 0 bridgehead atoms. The van der Waals surface area contributed by atoms with E-state index in [0.717, 1.165) is 6.42 Å². The molecule has 2 N–H and O–H groups in total. The lowest BCUT2D eigenvalue weighted by molar-refractivity contribution is 0.0788. The summed E-state index contributed by atoms with van der Waals surface area (Å²) < 4.78 is 13.8. The van der Waals surface area contributed by atoms with Crippen LogP contribution in [0.2, 0.25) is 0 Å². The maximum absolute atomic E-state index is 13.2. The number of amides is 1. The van der Waals surface area contributed by atoms with Gasteiger partial charge in [-0.05, 0) is 46.5 Å². The van der Waals surface area contributed by atoms with Gasteiger partial charge in [0.2, 0.25) is 0 Å². The first kappa shape index (κ1) is 16.1. The number of nitrogens with two attached hydrogens (primary N) is 1. The molecular weight excluding hydrogens is 311 g/mol. The first-order valence-electron chi connectivity index (χ1n) is 6.29. The Kier molecular flexibility index (Phi) is 5.94. The summed E-state index contributed by atoms with van der Waals surface area (Å²) in [4.78, 5) is 13.8. The molecule has 19 heavy (non-hydrogen) atoms. The highest BCUT2D eigenvalue weighted by atomic mass is 79.9. The minimum Gasteiger partial charge on any atom is -0.342 e. The SMILES string of the molecule is CC(C)C(N)CCN(C)C(=O)c1cc(F)ccc1Br. The zero-order valence-electron chi connectivity index (χ0n) is 11.5. The summed E-state index contributed by atoms with van der Waals surface area (Å²) in [5.41, 5.74) is 6.28. The number of carbonyl (C=O) groups is 1. The molecule has 0 heterocycles. The monoisotopic (exact) mass is 330 g/mol. The van der Waals surface area contributed by atoms with E-state index >= 15 is 0 Å². The Hall–Kier alpha value is -0.940. The second-order valence-corrected chi connectivity index (χ2v) is 5.90. The van der Waals surface area contributed by atoms with Crippen LogP contribution in [0.5, 0.6) is 0 Å². The van der Waals surface area contributed by atoms with Crippen molar-refractivity contribution in [2.24, 2.45) is 11.7 Å². The number of nitrogens with zero attached hydrogens (tertiary/aromatic N) is 1. The highest BCUT2D eigenvalue weighted by molar-refractivity contribution is 9.10. The minimum absolute atomic E-state index is 0.0613. The maximum atomic E-state index is 13.2. The van der Waals surface area contributed by atoms with E-state index in [1.165, 1.54) is 18.2 Å². The minimum atomic E-state index is -0.418. The topological polar surface area (TPSA) is 46.3 Å². The molecule has 1 amide bonds. The number of benzene rings is 1. The molecule has 0 fully saturated rings. The van der Waals surface area contributed by atoms with Crippen LogP contribution in [0.25, 0.3) is 0 Å². The van der Waals surface area contributed by atoms with Gasteiger partial charge in [-0.2, -0.15) is 0 Å². The van der Waals surface area contributed by atoms with Crippen LogP contribution in [0, 0.1) is 11.7 Å². The van der Waals surface area contributed by atoms with Crippen molar-refractivity contribution in [2.75, 3.05) is 13.6 Å². The normalized spacial score (nSPS) is 12.6. The van der Waals surface area contributed by atoms with E-state index < -0.39 is 5.82 Å². The van der Waals surface area contributed by atoms with Gasteiger partial charge >= 0.3 is 0 Å². The van der Waals surface area contributed by atoms with Crippen molar-refractivity contribution < 1.29 is 9.18 Å². The molecule has 0 spiro atoms. The first-order valence-corrected chi connectivity index (χ1v) is 7.08.